The van der Waals surface area contributed by atoms with Crippen LogP contribution in [0.5, 0.6) is 0 Å². The first-order valence-corrected chi connectivity index (χ1v) is 3.97. The molecule has 0 amide bonds. The fraction of sp³-hybridized carbons (Fsp3) is 0.875. The second-order valence-electron chi connectivity index (χ2n) is 2.93. The van der Waals surface area contributed by atoms with Gasteiger partial charge in [-0.05, 0) is 19.4 Å². The van der Waals surface area contributed by atoms with Gasteiger partial charge in [0.25, 0.3) is 0 Å². The van der Waals surface area contributed by atoms with E-state index in [1.54, 1.807) is 7.05 Å². The van der Waals surface area contributed by atoms with Crippen molar-refractivity contribution in [1.82, 2.24) is 5.32 Å². The minimum atomic E-state index is -0.173. The summed E-state index contributed by atoms with van der Waals surface area (Å²) in [5.74, 6) is 0.422. The summed E-state index contributed by atoms with van der Waals surface area (Å²) in [6.45, 7) is 5.05. The number of carbonyl (C=O) groups excluding carboxylic acids is 1. The van der Waals surface area contributed by atoms with E-state index < -0.39 is 0 Å². The predicted octanol–water partition coefficient (Wildman–Crippen LogP) is 0.795. The number of hydrogen-bond acceptors (Lipinski definition) is 3. The Labute approximate surface area is 68.1 Å². The van der Waals surface area contributed by atoms with E-state index in [0.29, 0.717) is 19.1 Å². The summed E-state index contributed by atoms with van der Waals surface area (Å²) in [6, 6.07) is 0. The van der Waals surface area contributed by atoms with Gasteiger partial charge in [0.2, 0.25) is 0 Å². The van der Waals surface area contributed by atoms with Crippen LogP contribution in [0.25, 0.3) is 0 Å². The molecular weight excluding hydrogens is 142 g/mol. The molecule has 0 bridgehead atoms. The van der Waals surface area contributed by atoms with Crippen molar-refractivity contribution >= 4 is 5.97 Å². The molecule has 3 nitrogen and oxygen atoms in total. The molecule has 0 unspecified atom stereocenters. The summed E-state index contributed by atoms with van der Waals surface area (Å²) in [5.41, 5.74) is 0. The maximum Gasteiger partial charge on any atom is 0.319 e. The molecule has 0 rings (SSSR count). The van der Waals surface area contributed by atoms with Crippen LogP contribution in [0.2, 0.25) is 0 Å². The number of ether oxygens (including phenoxy) is 1. The topological polar surface area (TPSA) is 38.3 Å². The number of rotatable bonds is 5. The maximum atomic E-state index is 10.7. The summed E-state index contributed by atoms with van der Waals surface area (Å²) in [5, 5.41) is 2.73. The van der Waals surface area contributed by atoms with Crippen LogP contribution in [0, 0.1) is 5.92 Å². The van der Waals surface area contributed by atoms with Gasteiger partial charge in [-0.1, -0.05) is 13.8 Å². The van der Waals surface area contributed by atoms with Crippen LogP contribution < -0.4 is 5.32 Å². The van der Waals surface area contributed by atoms with Crippen LogP contribution in [0.4, 0.5) is 0 Å². The fourth-order valence-corrected chi connectivity index (χ4v) is 0.604. The third kappa shape index (κ3) is 7.33. The third-order valence-electron chi connectivity index (χ3n) is 1.28. The Morgan fingerprint density at radius 3 is 2.64 bits per heavy atom. The van der Waals surface area contributed by atoms with E-state index in [1.807, 2.05) is 0 Å². The zero-order chi connectivity index (χ0) is 8.69. The van der Waals surface area contributed by atoms with E-state index in [1.165, 1.54) is 0 Å². The van der Waals surface area contributed by atoms with Crippen molar-refractivity contribution in [2.75, 3.05) is 20.2 Å². The Morgan fingerprint density at radius 1 is 1.55 bits per heavy atom. The zero-order valence-corrected chi connectivity index (χ0v) is 7.52. The van der Waals surface area contributed by atoms with Gasteiger partial charge in [0.15, 0.2) is 0 Å². The van der Waals surface area contributed by atoms with Gasteiger partial charge in [0.05, 0.1) is 13.2 Å². The highest BCUT2D eigenvalue weighted by Crippen LogP contribution is 1.98. The highest BCUT2D eigenvalue weighted by molar-refractivity contribution is 5.71. The molecule has 0 heterocycles. The van der Waals surface area contributed by atoms with E-state index in [0.717, 1.165) is 6.42 Å². The molecule has 0 aliphatic heterocycles. The largest absolute Gasteiger partial charge is 0.465 e. The Balaban J connectivity index is 3.17. The molecule has 66 valence electrons. The first-order chi connectivity index (χ1) is 5.16. The van der Waals surface area contributed by atoms with Gasteiger partial charge in [0, 0.05) is 0 Å². The van der Waals surface area contributed by atoms with E-state index in [-0.39, 0.29) is 5.97 Å². The average molecular weight is 159 g/mol. The van der Waals surface area contributed by atoms with Gasteiger partial charge in [-0.15, -0.1) is 0 Å². The van der Waals surface area contributed by atoms with E-state index in [9.17, 15) is 4.79 Å². The first-order valence-electron chi connectivity index (χ1n) is 3.97. The molecule has 3 heteroatoms. The lowest BCUT2D eigenvalue weighted by Crippen LogP contribution is -2.21. The Hall–Kier alpha value is -0.570. The molecular formula is C8H17NO2. The molecule has 0 aromatic rings. The number of likely N-dealkylation sites (N-methyl/N-ethyl adjacent to an activating group) is 1. The van der Waals surface area contributed by atoms with Gasteiger partial charge in [-0.25, -0.2) is 0 Å². The zero-order valence-electron chi connectivity index (χ0n) is 7.52. The molecule has 11 heavy (non-hydrogen) atoms. The van der Waals surface area contributed by atoms with Gasteiger partial charge < -0.3 is 10.1 Å². The summed E-state index contributed by atoms with van der Waals surface area (Å²) >= 11 is 0. The van der Waals surface area contributed by atoms with Crippen LogP contribution in [-0.2, 0) is 9.53 Å². The van der Waals surface area contributed by atoms with E-state index in [4.69, 9.17) is 4.74 Å². The first kappa shape index (κ1) is 10.4. The van der Waals surface area contributed by atoms with Crippen molar-refractivity contribution in [2.45, 2.75) is 20.3 Å². The number of carbonyl (C=O) groups is 1. The molecule has 0 atom stereocenters. The summed E-state index contributed by atoms with van der Waals surface area (Å²) in [7, 11) is 1.73. The van der Waals surface area contributed by atoms with Gasteiger partial charge in [-0.3, -0.25) is 4.79 Å². The average Bonchev–Trinajstić information content (AvgIpc) is 1.87. The molecule has 0 saturated heterocycles. The highest BCUT2D eigenvalue weighted by atomic mass is 16.5. The van der Waals surface area contributed by atoms with Crippen molar-refractivity contribution in [3.05, 3.63) is 0 Å². The molecule has 0 spiro atoms. The normalized spacial score (nSPS) is 10.2. The number of nitrogens with one attached hydrogen (secondary N) is 1. The molecule has 0 fully saturated rings. The van der Waals surface area contributed by atoms with Crippen LogP contribution >= 0.6 is 0 Å². The Morgan fingerprint density at radius 2 is 2.18 bits per heavy atom. The van der Waals surface area contributed by atoms with Crippen LogP contribution in [0.15, 0.2) is 0 Å². The molecule has 0 aliphatic rings. The lowest BCUT2D eigenvalue weighted by molar-refractivity contribution is -0.142. The van der Waals surface area contributed by atoms with Crippen LogP contribution in [0.1, 0.15) is 20.3 Å². The fourth-order valence-electron chi connectivity index (χ4n) is 0.604. The van der Waals surface area contributed by atoms with Crippen LogP contribution in [0.3, 0.4) is 0 Å². The van der Waals surface area contributed by atoms with Crippen molar-refractivity contribution in [3.63, 3.8) is 0 Å². The minimum absolute atomic E-state index is 0.173. The summed E-state index contributed by atoms with van der Waals surface area (Å²) < 4.78 is 4.89. The van der Waals surface area contributed by atoms with E-state index in [2.05, 4.69) is 19.2 Å². The second kappa shape index (κ2) is 6.16. The third-order valence-corrected chi connectivity index (χ3v) is 1.28. The number of esters is 1. The predicted molar refractivity (Wildman–Crippen MR) is 44.3 cm³/mol. The standard InChI is InChI=1S/C8H17NO2/c1-7(2)4-5-11-8(10)6-9-3/h7,9H,4-6H2,1-3H3. The van der Waals surface area contributed by atoms with Gasteiger partial charge in [0.1, 0.15) is 0 Å². The quantitative estimate of drug-likeness (QED) is 0.603. The SMILES string of the molecule is CNCC(=O)OCCC(C)C. The van der Waals surface area contributed by atoms with Crippen molar-refractivity contribution in [1.29, 1.82) is 0 Å². The monoisotopic (exact) mass is 159 g/mol. The van der Waals surface area contributed by atoms with E-state index >= 15 is 0 Å². The lowest BCUT2D eigenvalue weighted by atomic mass is 10.1. The molecule has 0 saturated carbocycles. The van der Waals surface area contributed by atoms with Crippen molar-refractivity contribution < 1.29 is 9.53 Å². The molecule has 0 aliphatic carbocycles. The highest BCUT2D eigenvalue weighted by Gasteiger charge is 2.00. The summed E-state index contributed by atoms with van der Waals surface area (Å²) in [6.07, 6.45) is 0.940. The van der Waals surface area contributed by atoms with Gasteiger partial charge >= 0.3 is 5.97 Å². The second-order valence-corrected chi connectivity index (χ2v) is 2.93. The Bertz CT molecular complexity index is 113. The smallest absolute Gasteiger partial charge is 0.319 e. The van der Waals surface area contributed by atoms with Gasteiger partial charge in [-0.2, -0.15) is 0 Å². The molecule has 0 aromatic carbocycles. The van der Waals surface area contributed by atoms with Crippen molar-refractivity contribution in [3.8, 4) is 0 Å². The lowest BCUT2D eigenvalue weighted by Gasteiger charge is -2.05. The Kier molecular flexibility index (Phi) is 5.84. The molecule has 1 N–H and O–H groups in total. The van der Waals surface area contributed by atoms with Crippen molar-refractivity contribution in [2.24, 2.45) is 5.92 Å². The number of hydrogen-bond donors (Lipinski definition) is 1. The molecule has 0 radical (unpaired) electrons. The summed E-state index contributed by atoms with van der Waals surface area (Å²) in [4.78, 5) is 10.7. The maximum absolute atomic E-state index is 10.7. The van der Waals surface area contributed by atoms with Crippen LogP contribution in [-0.4, -0.2) is 26.2 Å². The molecule has 0 aromatic heterocycles. The minimum Gasteiger partial charge on any atom is -0.465 e.